The SMILES string of the molecule is O=C(NCCN1CCOCC1)c1ccc(-c2ccc3c(c2)OCCO3)s1. The Bertz CT molecular complexity index is 771. The van der Waals surface area contributed by atoms with Crippen molar-refractivity contribution in [2.75, 3.05) is 52.6 Å². The maximum absolute atomic E-state index is 12.4. The van der Waals surface area contributed by atoms with Crippen molar-refractivity contribution in [3.63, 3.8) is 0 Å². The molecule has 6 nitrogen and oxygen atoms in total. The van der Waals surface area contributed by atoms with Crippen LogP contribution in [0.15, 0.2) is 30.3 Å². The Morgan fingerprint density at radius 2 is 1.85 bits per heavy atom. The number of benzene rings is 1. The molecule has 1 saturated heterocycles. The summed E-state index contributed by atoms with van der Waals surface area (Å²) in [6.45, 7) is 6.07. The molecule has 1 aromatic carbocycles. The topological polar surface area (TPSA) is 60.0 Å². The summed E-state index contributed by atoms with van der Waals surface area (Å²) in [5, 5.41) is 3.01. The van der Waals surface area contributed by atoms with Crippen LogP contribution in [0, 0.1) is 0 Å². The summed E-state index contributed by atoms with van der Waals surface area (Å²) < 4.78 is 16.5. The van der Waals surface area contributed by atoms with Gasteiger partial charge in [-0.2, -0.15) is 0 Å². The molecule has 0 radical (unpaired) electrons. The van der Waals surface area contributed by atoms with Gasteiger partial charge in [0.15, 0.2) is 11.5 Å². The van der Waals surface area contributed by atoms with Crippen LogP contribution in [0.3, 0.4) is 0 Å². The molecular formula is C19H22N2O4S. The highest BCUT2D eigenvalue weighted by Gasteiger charge is 2.15. The third-order valence-electron chi connectivity index (χ3n) is 4.47. The van der Waals surface area contributed by atoms with E-state index in [2.05, 4.69) is 10.2 Å². The molecule has 1 fully saturated rings. The van der Waals surface area contributed by atoms with Crippen LogP contribution in [0.1, 0.15) is 9.67 Å². The number of ether oxygens (including phenoxy) is 3. The van der Waals surface area contributed by atoms with Crippen molar-refractivity contribution in [3.8, 4) is 21.9 Å². The second-order valence-corrected chi connectivity index (χ2v) is 7.32. The molecule has 1 aromatic heterocycles. The van der Waals surface area contributed by atoms with E-state index in [0.29, 0.717) is 19.8 Å². The smallest absolute Gasteiger partial charge is 0.261 e. The van der Waals surface area contributed by atoms with Gasteiger partial charge >= 0.3 is 0 Å². The first-order valence-electron chi connectivity index (χ1n) is 8.88. The second-order valence-electron chi connectivity index (χ2n) is 6.23. The van der Waals surface area contributed by atoms with E-state index >= 15 is 0 Å². The Morgan fingerprint density at radius 3 is 2.69 bits per heavy atom. The number of fused-ring (bicyclic) bond motifs is 1. The van der Waals surface area contributed by atoms with Crippen LogP contribution in [0.5, 0.6) is 11.5 Å². The number of carbonyl (C=O) groups excluding carboxylic acids is 1. The van der Waals surface area contributed by atoms with Crippen molar-refractivity contribution < 1.29 is 19.0 Å². The normalized spacial score (nSPS) is 17.1. The highest BCUT2D eigenvalue weighted by molar-refractivity contribution is 7.17. The number of carbonyl (C=O) groups is 1. The molecule has 26 heavy (non-hydrogen) atoms. The standard InChI is InChI=1S/C19H22N2O4S/c22-19(20-5-6-21-7-9-23-10-8-21)18-4-3-17(26-18)14-1-2-15-16(13-14)25-12-11-24-15/h1-4,13H,5-12H2,(H,20,22). The molecule has 0 spiro atoms. The van der Waals surface area contributed by atoms with Crippen LogP contribution < -0.4 is 14.8 Å². The molecule has 0 bridgehead atoms. The fraction of sp³-hybridized carbons (Fsp3) is 0.421. The number of nitrogens with one attached hydrogen (secondary N) is 1. The van der Waals surface area contributed by atoms with Gasteiger partial charge in [0.1, 0.15) is 13.2 Å². The first-order chi connectivity index (χ1) is 12.8. The molecule has 0 aliphatic carbocycles. The van der Waals surface area contributed by atoms with Crippen LogP contribution in [0.25, 0.3) is 10.4 Å². The molecule has 7 heteroatoms. The van der Waals surface area contributed by atoms with Crippen LogP contribution >= 0.6 is 11.3 Å². The predicted octanol–water partition coefficient (Wildman–Crippen LogP) is 2.25. The van der Waals surface area contributed by atoms with Gasteiger partial charge in [-0.1, -0.05) is 0 Å². The third kappa shape index (κ3) is 4.00. The molecular weight excluding hydrogens is 352 g/mol. The van der Waals surface area contributed by atoms with Crippen molar-refractivity contribution >= 4 is 17.2 Å². The van der Waals surface area contributed by atoms with Gasteiger partial charge in [0.25, 0.3) is 5.91 Å². The van der Waals surface area contributed by atoms with Crippen molar-refractivity contribution in [1.29, 1.82) is 0 Å². The van der Waals surface area contributed by atoms with Crippen molar-refractivity contribution in [1.82, 2.24) is 10.2 Å². The van der Waals surface area contributed by atoms with Gasteiger partial charge in [0, 0.05) is 31.1 Å². The lowest BCUT2D eigenvalue weighted by Crippen LogP contribution is -2.41. The van der Waals surface area contributed by atoms with Crippen LogP contribution in [0.2, 0.25) is 0 Å². The van der Waals surface area contributed by atoms with Crippen LogP contribution in [0.4, 0.5) is 0 Å². The Labute approximate surface area is 156 Å². The van der Waals surface area contributed by atoms with Gasteiger partial charge in [-0.05, 0) is 35.9 Å². The molecule has 0 atom stereocenters. The molecule has 1 amide bonds. The monoisotopic (exact) mass is 374 g/mol. The molecule has 0 saturated carbocycles. The summed E-state index contributed by atoms with van der Waals surface area (Å²) in [7, 11) is 0. The number of rotatable bonds is 5. The molecule has 0 unspecified atom stereocenters. The zero-order valence-corrected chi connectivity index (χ0v) is 15.3. The van der Waals surface area contributed by atoms with E-state index in [9.17, 15) is 4.79 Å². The predicted molar refractivity (Wildman–Crippen MR) is 100 cm³/mol. The summed E-state index contributed by atoms with van der Waals surface area (Å²) in [6, 6.07) is 9.75. The third-order valence-corrected chi connectivity index (χ3v) is 5.61. The zero-order valence-electron chi connectivity index (χ0n) is 14.5. The number of hydrogen-bond acceptors (Lipinski definition) is 6. The van der Waals surface area contributed by atoms with Gasteiger partial charge < -0.3 is 19.5 Å². The molecule has 138 valence electrons. The first kappa shape index (κ1) is 17.3. The minimum Gasteiger partial charge on any atom is -0.486 e. The van der Waals surface area contributed by atoms with E-state index in [1.165, 1.54) is 11.3 Å². The fourth-order valence-electron chi connectivity index (χ4n) is 3.05. The second kappa shape index (κ2) is 8.07. The van der Waals surface area contributed by atoms with Gasteiger partial charge in [-0.3, -0.25) is 9.69 Å². The lowest BCUT2D eigenvalue weighted by Gasteiger charge is -2.26. The Hall–Kier alpha value is -2.09. The van der Waals surface area contributed by atoms with E-state index in [-0.39, 0.29) is 5.91 Å². The van der Waals surface area contributed by atoms with E-state index in [0.717, 1.165) is 59.7 Å². The van der Waals surface area contributed by atoms with Crippen LogP contribution in [-0.2, 0) is 4.74 Å². The first-order valence-corrected chi connectivity index (χ1v) is 9.69. The van der Waals surface area contributed by atoms with Crippen molar-refractivity contribution in [2.24, 2.45) is 0 Å². The lowest BCUT2D eigenvalue weighted by molar-refractivity contribution is 0.0383. The van der Waals surface area contributed by atoms with Gasteiger partial charge in [0.05, 0.1) is 18.1 Å². The van der Waals surface area contributed by atoms with Gasteiger partial charge in [0.2, 0.25) is 0 Å². The highest BCUT2D eigenvalue weighted by atomic mass is 32.1. The highest BCUT2D eigenvalue weighted by Crippen LogP contribution is 2.36. The molecule has 2 aromatic rings. The molecule has 1 N–H and O–H groups in total. The summed E-state index contributed by atoms with van der Waals surface area (Å²) in [6.07, 6.45) is 0. The average Bonchev–Trinajstić information content (AvgIpc) is 3.19. The molecule has 3 heterocycles. The average molecular weight is 374 g/mol. The number of nitrogens with zero attached hydrogens (tertiary/aromatic N) is 1. The maximum atomic E-state index is 12.4. The molecule has 2 aliphatic heterocycles. The number of amides is 1. The minimum absolute atomic E-state index is 0.0212. The van der Waals surface area contributed by atoms with Gasteiger partial charge in [-0.25, -0.2) is 0 Å². The molecule has 4 rings (SSSR count). The molecule has 2 aliphatic rings. The zero-order chi connectivity index (χ0) is 17.8. The minimum atomic E-state index is -0.0212. The largest absolute Gasteiger partial charge is 0.486 e. The number of morpholine rings is 1. The van der Waals surface area contributed by atoms with Crippen LogP contribution in [-0.4, -0.2) is 63.4 Å². The number of hydrogen-bond donors (Lipinski definition) is 1. The summed E-state index contributed by atoms with van der Waals surface area (Å²) >= 11 is 1.49. The number of thiophene rings is 1. The Morgan fingerprint density at radius 1 is 1.04 bits per heavy atom. The van der Waals surface area contributed by atoms with E-state index < -0.39 is 0 Å². The Balaban J connectivity index is 1.35. The quantitative estimate of drug-likeness (QED) is 0.870. The summed E-state index contributed by atoms with van der Waals surface area (Å²) in [5.41, 5.74) is 1.03. The fourth-order valence-corrected chi connectivity index (χ4v) is 3.97. The van der Waals surface area contributed by atoms with Crippen molar-refractivity contribution in [2.45, 2.75) is 0 Å². The summed E-state index contributed by atoms with van der Waals surface area (Å²) in [4.78, 5) is 16.4. The van der Waals surface area contributed by atoms with E-state index in [1.807, 2.05) is 30.3 Å². The van der Waals surface area contributed by atoms with Gasteiger partial charge in [-0.15, -0.1) is 11.3 Å². The Kier molecular flexibility index (Phi) is 5.38. The summed E-state index contributed by atoms with van der Waals surface area (Å²) in [5.74, 6) is 1.52. The van der Waals surface area contributed by atoms with Crippen molar-refractivity contribution in [3.05, 3.63) is 35.2 Å². The lowest BCUT2D eigenvalue weighted by atomic mass is 10.1. The van der Waals surface area contributed by atoms with E-state index in [4.69, 9.17) is 14.2 Å². The van der Waals surface area contributed by atoms with E-state index in [1.54, 1.807) is 0 Å². The maximum Gasteiger partial charge on any atom is 0.261 e.